The molecule has 1 atom stereocenters. The number of aromatic nitrogens is 2. The molecule has 0 amide bonds. The summed E-state index contributed by atoms with van der Waals surface area (Å²) in [6.07, 6.45) is 2.50. The van der Waals surface area contributed by atoms with Gasteiger partial charge in [-0.3, -0.25) is 0 Å². The molecular weight excluding hydrogens is 252 g/mol. The largest absolute Gasteiger partial charge is 0.481 e. The van der Waals surface area contributed by atoms with Crippen molar-refractivity contribution in [2.75, 3.05) is 31.6 Å². The lowest BCUT2D eigenvalue weighted by atomic mass is 10.1. The Morgan fingerprint density at radius 2 is 2.25 bits per heavy atom. The zero-order valence-electron chi connectivity index (χ0n) is 13.0. The van der Waals surface area contributed by atoms with E-state index in [1.54, 1.807) is 7.11 Å². The van der Waals surface area contributed by atoms with E-state index in [2.05, 4.69) is 34.0 Å². The molecule has 0 aromatic carbocycles. The molecule has 1 unspecified atom stereocenters. The van der Waals surface area contributed by atoms with Gasteiger partial charge in [0, 0.05) is 30.9 Å². The monoisotopic (exact) mass is 278 g/mol. The van der Waals surface area contributed by atoms with Gasteiger partial charge in [0.25, 0.3) is 0 Å². The van der Waals surface area contributed by atoms with E-state index < -0.39 is 0 Å². The number of aryl methyl sites for hydroxylation is 1. The van der Waals surface area contributed by atoms with Crippen LogP contribution in [-0.4, -0.2) is 42.8 Å². The smallest absolute Gasteiger partial charge is 0.228 e. The first-order valence-corrected chi connectivity index (χ1v) is 7.46. The molecule has 0 radical (unpaired) electrons. The molecule has 1 saturated heterocycles. The van der Waals surface area contributed by atoms with Crippen molar-refractivity contribution >= 4 is 5.95 Å². The molecule has 20 heavy (non-hydrogen) atoms. The van der Waals surface area contributed by atoms with Crippen molar-refractivity contribution in [2.45, 2.75) is 39.7 Å². The number of anilines is 1. The molecule has 0 spiro atoms. The summed E-state index contributed by atoms with van der Waals surface area (Å²) >= 11 is 0. The van der Waals surface area contributed by atoms with Crippen LogP contribution in [0.1, 0.15) is 32.4 Å². The van der Waals surface area contributed by atoms with Crippen molar-refractivity contribution < 1.29 is 4.74 Å². The Hall–Kier alpha value is -1.36. The van der Waals surface area contributed by atoms with Crippen LogP contribution in [0, 0.1) is 12.8 Å². The first kappa shape index (κ1) is 15.0. The van der Waals surface area contributed by atoms with E-state index in [9.17, 15) is 0 Å². The Morgan fingerprint density at radius 1 is 1.45 bits per heavy atom. The summed E-state index contributed by atoms with van der Waals surface area (Å²) in [6, 6.07) is 2.41. The highest BCUT2D eigenvalue weighted by Gasteiger charge is 2.21. The number of nitrogens with one attached hydrogen (secondary N) is 1. The maximum absolute atomic E-state index is 5.27. The maximum Gasteiger partial charge on any atom is 0.228 e. The summed E-state index contributed by atoms with van der Waals surface area (Å²) in [5.41, 5.74) is 0.944. The predicted molar refractivity (Wildman–Crippen MR) is 81.4 cm³/mol. The van der Waals surface area contributed by atoms with E-state index in [1.807, 2.05) is 13.0 Å². The van der Waals surface area contributed by atoms with Gasteiger partial charge in [-0.2, -0.15) is 4.98 Å². The average molecular weight is 278 g/mol. The highest BCUT2D eigenvalue weighted by molar-refractivity contribution is 5.34. The van der Waals surface area contributed by atoms with Crippen LogP contribution in [0.5, 0.6) is 5.88 Å². The van der Waals surface area contributed by atoms with E-state index in [0.29, 0.717) is 17.8 Å². The second-order valence-corrected chi connectivity index (χ2v) is 5.94. The molecule has 0 saturated carbocycles. The Labute approximate surface area is 121 Å². The third kappa shape index (κ3) is 4.07. The van der Waals surface area contributed by atoms with Gasteiger partial charge in [-0.15, -0.1) is 0 Å². The molecule has 0 bridgehead atoms. The SMILES string of the molecule is COc1cc(C)nc(N(CC(C)C)CC2CCCN2)n1. The summed E-state index contributed by atoms with van der Waals surface area (Å²) in [5.74, 6) is 2.00. The first-order chi connectivity index (χ1) is 9.58. The molecule has 1 aliphatic heterocycles. The summed E-state index contributed by atoms with van der Waals surface area (Å²) in [4.78, 5) is 11.4. The van der Waals surface area contributed by atoms with E-state index >= 15 is 0 Å². The summed E-state index contributed by atoms with van der Waals surface area (Å²) in [5, 5.41) is 3.54. The molecule has 0 aliphatic carbocycles. The predicted octanol–water partition coefficient (Wildman–Crippen LogP) is 2.01. The van der Waals surface area contributed by atoms with Crippen molar-refractivity contribution in [1.82, 2.24) is 15.3 Å². The number of ether oxygens (including phenoxy) is 1. The van der Waals surface area contributed by atoms with Crippen LogP contribution in [-0.2, 0) is 0 Å². The lowest BCUT2D eigenvalue weighted by molar-refractivity contribution is 0.395. The lowest BCUT2D eigenvalue weighted by Crippen LogP contribution is -2.40. The molecule has 2 rings (SSSR count). The standard InChI is InChI=1S/C15H26N4O/c1-11(2)9-19(10-13-6-5-7-16-13)15-17-12(3)8-14(18-15)20-4/h8,11,13,16H,5-7,9-10H2,1-4H3. The summed E-state index contributed by atoms with van der Waals surface area (Å²) < 4.78 is 5.27. The second kappa shape index (κ2) is 6.88. The van der Waals surface area contributed by atoms with Crippen molar-refractivity contribution in [3.63, 3.8) is 0 Å². The van der Waals surface area contributed by atoms with Crippen LogP contribution in [0.25, 0.3) is 0 Å². The minimum Gasteiger partial charge on any atom is -0.481 e. The minimum atomic E-state index is 0.545. The van der Waals surface area contributed by atoms with Gasteiger partial charge in [-0.25, -0.2) is 4.98 Å². The van der Waals surface area contributed by atoms with E-state index in [-0.39, 0.29) is 0 Å². The van der Waals surface area contributed by atoms with Crippen LogP contribution in [0.15, 0.2) is 6.07 Å². The Bertz CT molecular complexity index is 430. The van der Waals surface area contributed by atoms with Gasteiger partial charge in [0.15, 0.2) is 0 Å². The normalized spacial score (nSPS) is 18.6. The van der Waals surface area contributed by atoms with E-state index in [4.69, 9.17) is 4.74 Å². The van der Waals surface area contributed by atoms with Crippen LogP contribution in [0.4, 0.5) is 5.95 Å². The first-order valence-electron chi connectivity index (χ1n) is 7.46. The van der Waals surface area contributed by atoms with Gasteiger partial charge in [0.1, 0.15) is 0 Å². The molecule has 2 heterocycles. The quantitative estimate of drug-likeness (QED) is 0.862. The Balaban J connectivity index is 2.17. The van der Waals surface area contributed by atoms with Crippen LogP contribution in [0.2, 0.25) is 0 Å². The Kier molecular flexibility index (Phi) is 5.17. The molecule has 1 aromatic rings. The van der Waals surface area contributed by atoms with E-state index in [0.717, 1.165) is 31.3 Å². The lowest BCUT2D eigenvalue weighted by Gasteiger charge is -2.27. The third-order valence-corrected chi connectivity index (χ3v) is 3.50. The van der Waals surface area contributed by atoms with Crippen molar-refractivity contribution in [2.24, 2.45) is 5.92 Å². The highest BCUT2D eigenvalue weighted by Crippen LogP contribution is 2.18. The molecule has 5 nitrogen and oxygen atoms in total. The van der Waals surface area contributed by atoms with Crippen LogP contribution < -0.4 is 15.0 Å². The number of methoxy groups -OCH3 is 1. The molecule has 5 heteroatoms. The van der Waals surface area contributed by atoms with Crippen LogP contribution >= 0.6 is 0 Å². The second-order valence-electron chi connectivity index (χ2n) is 5.94. The van der Waals surface area contributed by atoms with Gasteiger partial charge < -0.3 is 15.0 Å². The number of rotatable bonds is 6. The summed E-state index contributed by atoms with van der Waals surface area (Å²) in [6.45, 7) is 9.48. The molecular formula is C15H26N4O. The fraction of sp³-hybridized carbons (Fsp3) is 0.733. The van der Waals surface area contributed by atoms with Gasteiger partial charge in [0.05, 0.1) is 7.11 Å². The topological polar surface area (TPSA) is 50.3 Å². The highest BCUT2D eigenvalue weighted by atomic mass is 16.5. The fourth-order valence-corrected chi connectivity index (χ4v) is 2.63. The van der Waals surface area contributed by atoms with Crippen molar-refractivity contribution in [3.8, 4) is 5.88 Å². The van der Waals surface area contributed by atoms with Gasteiger partial charge in [-0.1, -0.05) is 13.8 Å². The van der Waals surface area contributed by atoms with Gasteiger partial charge in [-0.05, 0) is 32.2 Å². The zero-order chi connectivity index (χ0) is 14.5. The van der Waals surface area contributed by atoms with Gasteiger partial charge in [0.2, 0.25) is 11.8 Å². The van der Waals surface area contributed by atoms with Gasteiger partial charge >= 0.3 is 0 Å². The number of hydrogen-bond donors (Lipinski definition) is 1. The average Bonchev–Trinajstić information content (AvgIpc) is 2.89. The molecule has 112 valence electrons. The van der Waals surface area contributed by atoms with E-state index in [1.165, 1.54) is 12.8 Å². The maximum atomic E-state index is 5.27. The van der Waals surface area contributed by atoms with Crippen molar-refractivity contribution in [1.29, 1.82) is 0 Å². The summed E-state index contributed by atoms with van der Waals surface area (Å²) in [7, 11) is 1.65. The molecule has 1 aromatic heterocycles. The molecule has 1 N–H and O–H groups in total. The minimum absolute atomic E-state index is 0.545. The Morgan fingerprint density at radius 3 is 2.85 bits per heavy atom. The zero-order valence-corrected chi connectivity index (χ0v) is 13.0. The number of nitrogens with zero attached hydrogens (tertiary/aromatic N) is 3. The fourth-order valence-electron chi connectivity index (χ4n) is 2.63. The third-order valence-electron chi connectivity index (χ3n) is 3.50. The molecule has 1 fully saturated rings. The molecule has 1 aliphatic rings. The van der Waals surface area contributed by atoms with Crippen LogP contribution in [0.3, 0.4) is 0 Å². The number of hydrogen-bond acceptors (Lipinski definition) is 5. The van der Waals surface area contributed by atoms with Crippen molar-refractivity contribution in [3.05, 3.63) is 11.8 Å².